The molecule has 1 atom stereocenters. The molecule has 0 unspecified atom stereocenters. The van der Waals surface area contributed by atoms with E-state index in [4.69, 9.17) is 4.74 Å². The van der Waals surface area contributed by atoms with Crippen LogP contribution in [0, 0.1) is 12.8 Å². The third-order valence-corrected chi connectivity index (χ3v) is 4.08. The Morgan fingerprint density at radius 1 is 1.39 bits per heavy atom. The number of likely N-dealkylation sites (tertiary alicyclic amines) is 1. The summed E-state index contributed by atoms with van der Waals surface area (Å²) >= 11 is 0. The number of anilines is 1. The molecule has 0 bridgehead atoms. The fourth-order valence-electron chi connectivity index (χ4n) is 2.92. The highest BCUT2D eigenvalue weighted by Crippen LogP contribution is 2.18. The molecule has 23 heavy (non-hydrogen) atoms. The van der Waals surface area contributed by atoms with Gasteiger partial charge in [-0.3, -0.25) is 9.59 Å². The van der Waals surface area contributed by atoms with Crippen LogP contribution in [0.1, 0.15) is 31.7 Å². The van der Waals surface area contributed by atoms with Crippen LogP contribution in [-0.2, 0) is 14.3 Å². The molecular weight excluding hydrogens is 292 g/mol. The minimum Gasteiger partial charge on any atom is -0.466 e. The van der Waals surface area contributed by atoms with Crippen LogP contribution >= 0.6 is 0 Å². The van der Waals surface area contributed by atoms with Crippen molar-refractivity contribution in [3.8, 4) is 0 Å². The molecule has 0 radical (unpaired) electrons. The number of nitrogens with zero attached hydrogens (tertiary/aromatic N) is 1. The number of piperidine rings is 1. The number of carbonyl (C=O) groups excluding carboxylic acids is 2. The third-order valence-electron chi connectivity index (χ3n) is 4.08. The van der Waals surface area contributed by atoms with Crippen molar-refractivity contribution >= 4 is 17.6 Å². The van der Waals surface area contributed by atoms with Crippen LogP contribution in [0.2, 0.25) is 0 Å². The summed E-state index contributed by atoms with van der Waals surface area (Å²) in [5.74, 6) is -0.154. The van der Waals surface area contributed by atoms with Crippen molar-refractivity contribution in [3.63, 3.8) is 0 Å². The van der Waals surface area contributed by atoms with Gasteiger partial charge in [0.05, 0.1) is 12.5 Å². The van der Waals surface area contributed by atoms with Gasteiger partial charge in [-0.1, -0.05) is 12.1 Å². The molecule has 0 aromatic heterocycles. The molecule has 1 aromatic carbocycles. The lowest BCUT2D eigenvalue weighted by molar-refractivity contribution is -0.149. The van der Waals surface area contributed by atoms with E-state index in [2.05, 4.69) is 10.2 Å². The molecule has 1 amide bonds. The number of aryl methyl sites for hydroxylation is 1. The number of esters is 1. The topological polar surface area (TPSA) is 58.6 Å². The lowest BCUT2D eigenvalue weighted by Gasteiger charge is -2.31. The summed E-state index contributed by atoms with van der Waals surface area (Å²) in [4.78, 5) is 26.1. The average Bonchev–Trinajstić information content (AvgIpc) is 2.53. The Morgan fingerprint density at radius 3 is 2.96 bits per heavy atom. The molecule has 0 saturated carbocycles. The number of ether oxygens (including phenoxy) is 1. The predicted molar refractivity (Wildman–Crippen MR) is 90.2 cm³/mol. The first-order valence-electron chi connectivity index (χ1n) is 8.34. The van der Waals surface area contributed by atoms with Gasteiger partial charge in [0.15, 0.2) is 0 Å². The van der Waals surface area contributed by atoms with Crippen LogP contribution in [0.15, 0.2) is 24.3 Å². The molecule has 5 heteroatoms. The van der Waals surface area contributed by atoms with Gasteiger partial charge in [0.25, 0.3) is 0 Å². The van der Waals surface area contributed by atoms with Crippen molar-refractivity contribution in [2.45, 2.75) is 33.1 Å². The van der Waals surface area contributed by atoms with Crippen LogP contribution in [0.4, 0.5) is 5.69 Å². The Labute approximate surface area is 138 Å². The zero-order valence-electron chi connectivity index (χ0n) is 14.0. The number of rotatable bonds is 6. The van der Waals surface area contributed by atoms with Crippen LogP contribution in [0.25, 0.3) is 0 Å². The zero-order valence-corrected chi connectivity index (χ0v) is 14.0. The van der Waals surface area contributed by atoms with Gasteiger partial charge in [0.2, 0.25) is 5.91 Å². The monoisotopic (exact) mass is 318 g/mol. The molecule has 0 spiro atoms. The largest absolute Gasteiger partial charge is 0.466 e. The molecule has 126 valence electrons. The van der Waals surface area contributed by atoms with E-state index < -0.39 is 0 Å². The van der Waals surface area contributed by atoms with E-state index in [0.29, 0.717) is 26.1 Å². The van der Waals surface area contributed by atoms with Crippen molar-refractivity contribution in [1.82, 2.24) is 4.90 Å². The van der Waals surface area contributed by atoms with E-state index in [0.717, 1.165) is 30.6 Å². The van der Waals surface area contributed by atoms with E-state index in [1.54, 1.807) is 0 Å². The first-order chi connectivity index (χ1) is 11.1. The predicted octanol–water partition coefficient (Wildman–Crippen LogP) is 2.60. The number of carbonyl (C=O) groups is 2. The summed E-state index contributed by atoms with van der Waals surface area (Å²) in [5.41, 5.74) is 1.95. The second-order valence-corrected chi connectivity index (χ2v) is 6.06. The van der Waals surface area contributed by atoms with E-state index in [-0.39, 0.29) is 17.8 Å². The maximum Gasteiger partial charge on any atom is 0.310 e. The zero-order chi connectivity index (χ0) is 16.7. The van der Waals surface area contributed by atoms with Gasteiger partial charge >= 0.3 is 5.97 Å². The first-order valence-corrected chi connectivity index (χ1v) is 8.34. The quantitative estimate of drug-likeness (QED) is 0.819. The maximum atomic E-state index is 12.1. The molecule has 1 fully saturated rings. The van der Waals surface area contributed by atoms with Crippen molar-refractivity contribution in [1.29, 1.82) is 0 Å². The maximum absolute atomic E-state index is 12.1. The normalized spacial score (nSPS) is 18.4. The van der Waals surface area contributed by atoms with Crippen LogP contribution in [-0.4, -0.2) is 43.0 Å². The van der Waals surface area contributed by atoms with Gasteiger partial charge in [0, 0.05) is 25.2 Å². The molecule has 1 N–H and O–H groups in total. The number of amides is 1. The summed E-state index contributed by atoms with van der Waals surface area (Å²) in [6.07, 6.45) is 2.29. The standard InChI is InChI=1S/C18H26N2O3/c1-3-23-18(22)15-7-5-10-20(13-15)11-9-17(21)19-16-8-4-6-14(2)12-16/h4,6,8,12,15H,3,5,7,9-11,13H2,1-2H3,(H,19,21)/t15-/m0/s1. The summed E-state index contributed by atoms with van der Waals surface area (Å²) in [6.45, 7) is 6.55. The molecule has 1 saturated heterocycles. The molecule has 0 aliphatic carbocycles. The number of benzene rings is 1. The molecule has 1 heterocycles. The first kappa shape index (κ1) is 17.5. The van der Waals surface area contributed by atoms with Crippen LogP contribution in [0.3, 0.4) is 0 Å². The van der Waals surface area contributed by atoms with Crippen molar-refractivity contribution in [2.75, 3.05) is 31.6 Å². The Kier molecular flexibility index (Phi) is 6.59. The lowest BCUT2D eigenvalue weighted by Crippen LogP contribution is -2.40. The highest BCUT2D eigenvalue weighted by atomic mass is 16.5. The second-order valence-electron chi connectivity index (χ2n) is 6.06. The molecular formula is C18H26N2O3. The van der Waals surface area contributed by atoms with Gasteiger partial charge in [-0.2, -0.15) is 0 Å². The highest BCUT2D eigenvalue weighted by molar-refractivity contribution is 5.90. The number of hydrogen-bond donors (Lipinski definition) is 1. The summed E-state index contributed by atoms with van der Waals surface area (Å²) in [5, 5.41) is 2.92. The Hall–Kier alpha value is -1.88. The Balaban J connectivity index is 1.76. The minimum atomic E-state index is -0.110. The van der Waals surface area contributed by atoms with Crippen molar-refractivity contribution < 1.29 is 14.3 Å². The number of hydrogen-bond acceptors (Lipinski definition) is 4. The molecule has 5 nitrogen and oxygen atoms in total. The van der Waals surface area contributed by atoms with E-state index in [1.165, 1.54) is 0 Å². The summed E-state index contributed by atoms with van der Waals surface area (Å²) < 4.78 is 5.10. The Bertz CT molecular complexity index is 545. The molecule has 1 aliphatic rings. The lowest BCUT2D eigenvalue weighted by atomic mass is 9.98. The van der Waals surface area contributed by atoms with Gasteiger partial charge in [0.1, 0.15) is 0 Å². The summed E-state index contributed by atoms with van der Waals surface area (Å²) in [7, 11) is 0. The molecule has 1 aliphatic heterocycles. The molecule has 1 aromatic rings. The third kappa shape index (κ3) is 5.67. The minimum absolute atomic E-state index is 0.00820. The van der Waals surface area contributed by atoms with Crippen LogP contribution in [0.5, 0.6) is 0 Å². The van der Waals surface area contributed by atoms with Crippen molar-refractivity contribution in [3.05, 3.63) is 29.8 Å². The Morgan fingerprint density at radius 2 is 2.22 bits per heavy atom. The smallest absolute Gasteiger partial charge is 0.310 e. The van der Waals surface area contributed by atoms with E-state index >= 15 is 0 Å². The van der Waals surface area contributed by atoms with Gasteiger partial charge in [-0.15, -0.1) is 0 Å². The van der Waals surface area contributed by atoms with Crippen LogP contribution < -0.4 is 5.32 Å². The van der Waals surface area contributed by atoms with Crippen molar-refractivity contribution in [2.24, 2.45) is 5.92 Å². The average molecular weight is 318 g/mol. The van der Waals surface area contributed by atoms with Gasteiger partial charge in [-0.25, -0.2) is 0 Å². The van der Waals surface area contributed by atoms with Gasteiger partial charge < -0.3 is 15.0 Å². The van der Waals surface area contributed by atoms with E-state index in [1.807, 2.05) is 38.1 Å². The highest BCUT2D eigenvalue weighted by Gasteiger charge is 2.26. The second kappa shape index (κ2) is 8.67. The fourth-order valence-corrected chi connectivity index (χ4v) is 2.92. The van der Waals surface area contributed by atoms with Gasteiger partial charge in [-0.05, 0) is 50.9 Å². The SMILES string of the molecule is CCOC(=O)[C@H]1CCCN(CCC(=O)Nc2cccc(C)c2)C1. The summed E-state index contributed by atoms with van der Waals surface area (Å²) in [6, 6.07) is 7.77. The van der Waals surface area contributed by atoms with E-state index in [9.17, 15) is 9.59 Å². The number of nitrogens with one attached hydrogen (secondary N) is 1. The fraction of sp³-hybridized carbons (Fsp3) is 0.556. The molecule has 2 rings (SSSR count).